The number of hydrogen-bond donors (Lipinski definition) is 2. The largest absolute Gasteiger partial charge is 0.465 e. The second-order valence-corrected chi connectivity index (χ2v) is 7.74. The zero-order valence-corrected chi connectivity index (χ0v) is 15.1. The molecule has 21 heavy (non-hydrogen) atoms. The lowest BCUT2D eigenvalue weighted by Crippen LogP contribution is -2.34. The van der Waals surface area contributed by atoms with E-state index in [-0.39, 0.29) is 10.9 Å². The molecule has 2 N–H and O–H groups in total. The summed E-state index contributed by atoms with van der Waals surface area (Å²) < 4.78 is 33.5. The molecule has 1 aromatic rings. The summed E-state index contributed by atoms with van der Waals surface area (Å²) in [4.78, 5) is 0.289. The van der Waals surface area contributed by atoms with Crippen LogP contribution in [0.4, 0.5) is 0 Å². The fourth-order valence-electron chi connectivity index (χ4n) is 2.19. The lowest BCUT2D eigenvalue weighted by Gasteiger charge is -2.14. The van der Waals surface area contributed by atoms with Crippen molar-refractivity contribution in [3.05, 3.63) is 17.1 Å². The van der Waals surface area contributed by atoms with Crippen molar-refractivity contribution in [3.63, 3.8) is 0 Å². The Morgan fingerprint density at radius 3 is 2.52 bits per heavy atom. The summed E-state index contributed by atoms with van der Waals surface area (Å²) >= 11 is 1.71. The molecule has 0 radical (unpaired) electrons. The van der Waals surface area contributed by atoms with Gasteiger partial charge in [-0.1, -0.05) is 6.92 Å². The van der Waals surface area contributed by atoms with E-state index in [9.17, 15) is 8.42 Å². The molecule has 0 aliphatic rings. The van der Waals surface area contributed by atoms with E-state index >= 15 is 0 Å². The van der Waals surface area contributed by atoms with Gasteiger partial charge in [0.15, 0.2) is 0 Å². The van der Waals surface area contributed by atoms with Gasteiger partial charge < -0.3 is 9.73 Å². The van der Waals surface area contributed by atoms with Crippen molar-refractivity contribution in [2.75, 3.05) is 18.6 Å². The monoisotopic (exact) mass is 334 g/mol. The normalized spacial score (nSPS) is 13.6. The van der Waals surface area contributed by atoms with Crippen molar-refractivity contribution in [2.45, 2.75) is 51.6 Å². The average Bonchev–Trinajstić information content (AvgIpc) is 2.68. The highest BCUT2D eigenvalue weighted by atomic mass is 32.2. The van der Waals surface area contributed by atoms with Gasteiger partial charge in [-0.25, -0.2) is 13.1 Å². The van der Waals surface area contributed by atoms with Gasteiger partial charge in [-0.15, -0.1) is 0 Å². The quantitative estimate of drug-likeness (QED) is 0.726. The lowest BCUT2D eigenvalue weighted by atomic mass is 10.2. The van der Waals surface area contributed by atoms with Gasteiger partial charge in [-0.3, -0.25) is 0 Å². The predicted molar refractivity (Wildman–Crippen MR) is 88.3 cm³/mol. The number of sulfonamides is 1. The Morgan fingerprint density at radius 1 is 1.29 bits per heavy atom. The average molecular weight is 335 g/mol. The van der Waals surface area contributed by atoms with Crippen LogP contribution >= 0.6 is 11.8 Å². The molecule has 0 aromatic carbocycles. The number of aryl methyl sites for hydroxylation is 2. The van der Waals surface area contributed by atoms with Gasteiger partial charge in [0.1, 0.15) is 16.4 Å². The maximum absolute atomic E-state index is 12.6. The molecule has 1 heterocycles. The van der Waals surface area contributed by atoms with Crippen LogP contribution in [0.2, 0.25) is 0 Å². The number of hydrogen-bond acceptors (Lipinski definition) is 5. The minimum absolute atomic E-state index is 0.0935. The standard InChI is InChI=1S/C14H26N2O3S2/c1-6-15-9-13-11(3)19-12(4)14(13)21(17,18)16-10(2)7-8-20-5/h10,15-16H,6-9H2,1-5H3. The predicted octanol–water partition coefficient (Wildman–Crippen LogP) is 2.43. The summed E-state index contributed by atoms with van der Waals surface area (Å²) in [6.45, 7) is 8.65. The zero-order valence-electron chi connectivity index (χ0n) is 13.4. The second-order valence-electron chi connectivity index (χ2n) is 5.11. The zero-order chi connectivity index (χ0) is 16.0. The Labute approximate surface area is 132 Å². The Morgan fingerprint density at radius 2 is 1.95 bits per heavy atom. The van der Waals surface area contributed by atoms with Crippen molar-refractivity contribution >= 4 is 21.8 Å². The topological polar surface area (TPSA) is 71.3 Å². The SMILES string of the molecule is CCNCc1c(C)oc(C)c1S(=O)(=O)NC(C)CCSC. The molecule has 0 bridgehead atoms. The van der Waals surface area contributed by atoms with Crippen molar-refractivity contribution in [2.24, 2.45) is 0 Å². The van der Waals surface area contributed by atoms with Gasteiger partial charge in [0.05, 0.1) is 0 Å². The highest BCUT2D eigenvalue weighted by Gasteiger charge is 2.27. The summed E-state index contributed by atoms with van der Waals surface area (Å²) in [5.74, 6) is 2.03. The second kappa shape index (κ2) is 8.22. The molecule has 0 amide bonds. The molecular weight excluding hydrogens is 308 g/mol. The first-order chi connectivity index (χ1) is 9.83. The van der Waals surface area contributed by atoms with Crippen LogP contribution in [0.1, 0.15) is 37.4 Å². The summed E-state index contributed by atoms with van der Waals surface area (Å²) in [7, 11) is -3.55. The lowest BCUT2D eigenvalue weighted by molar-refractivity contribution is 0.492. The highest BCUT2D eigenvalue weighted by molar-refractivity contribution is 7.98. The Balaban J connectivity index is 3.01. The Bertz CT molecular complexity index is 553. The molecule has 5 nitrogen and oxygen atoms in total. The van der Waals surface area contributed by atoms with Crippen molar-refractivity contribution in [1.29, 1.82) is 0 Å². The third-order valence-electron chi connectivity index (χ3n) is 3.26. The summed E-state index contributed by atoms with van der Waals surface area (Å²) in [5, 5.41) is 3.16. The molecule has 0 aliphatic carbocycles. The van der Waals surface area contributed by atoms with Gasteiger partial charge in [0.25, 0.3) is 0 Å². The van der Waals surface area contributed by atoms with E-state index in [0.717, 1.165) is 24.3 Å². The third kappa shape index (κ3) is 5.02. The van der Waals surface area contributed by atoms with Gasteiger partial charge in [0, 0.05) is 18.2 Å². The van der Waals surface area contributed by atoms with Crippen molar-refractivity contribution in [3.8, 4) is 0 Å². The molecule has 1 atom stereocenters. The third-order valence-corrected chi connectivity index (χ3v) is 5.68. The molecule has 0 saturated carbocycles. The van der Waals surface area contributed by atoms with Crippen LogP contribution in [0.3, 0.4) is 0 Å². The van der Waals surface area contributed by atoms with Crippen LogP contribution in [-0.2, 0) is 16.6 Å². The molecule has 1 rings (SSSR count). The van der Waals surface area contributed by atoms with E-state index < -0.39 is 10.0 Å². The summed E-state index contributed by atoms with van der Waals surface area (Å²) in [6, 6.07) is -0.0935. The van der Waals surface area contributed by atoms with E-state index in [1.807, 2.05) is 20.1 Å². The first-order valence-electron chi connectivity index (χ1n) is 7.14. The minimum Gasteiger partial charge on any atom is -0.465 e. The molecule has 1 unspecified atom stereocenters. The van der Waals surface area contributed by atoms with E-state index in [0.29, 0.717) is 18.1 Å². The van der Waals surface area contributed by atoms with Gasteiger partial charge in [-0.05, 0) is 45.7 Å². The first-order valence-corrected chi connectivity index (χ1v) is 10.0. The Kier molecular flexibility index (Phi) is 7.26. The van der Waals surface area contributed by atoms with E-state index in [1.165, 1.54) is 0 Å². The smallest absolute Gasteiger partial charge is 0.244 e. The first kappa shape index (κ1) is 18.5. The fraction of sp³-hybridized carbons (Fsp3) is 0.714. The molecule has 122 valence electrons. The molecule has 1 aromatic heterocycles. The molecule has 0 saturated heterocycles. The van der Waals surface area contributed by atoms with Crippen LogP contribution in [0.25, 0.3) is 0 Å². The number of rotatable bonds is 9. The van der Waals surface area contributed by atoms with Crippen molar-refractivity contribution < 1.29 is 12.8 Å². The molecule has 0 fully saturated rings. The molecule has 0 spiro atoms. The number of furan rings is 1. The van der Waals surface area contributed by atoms with Crippen molar-refractivity contribution in [1.82, 2.24) is 10.0 Å². The van der Waals surface area contributed by atoms with E-state index in [4.69, 9.17) is 4.42 Å². The highest BCUT2D eigenvalue weighted by Crippen LogP contribution is 2.26. The van der Waals surface area contributed by atoms with Crippen LogP contribution in [0, 0.1) is 13.8 Å². The molecule has 0 aliphatic heterocycles. The van der Waals surface area contributed by atoms with Crippen LogP contribution in [0.5, 0.6) is 0 Å². The van der Waals surface area contributed by atoms with E-state index in [2.05, 4.69) is 10.0 Å². The Hall–Kier alpha value is -0.500. The van der Waals surface area contributed by atoms with Gasteiger partial charge in [-0.2, -0.15) is 11.8 Å². The van der Waals surface area contributed by atoms with Gasteiger partial charge >= 0.3 is 0 Å². The van der Waals surface area contributed by atoms with Crippen LogP contribution in [0.15, 0.2) is 9.31 Å². The minimum atomic E-state index is -3.55. The summed E-state index contributed by atoms with van der Waals surface area (Å²) in [6.07, 6.45) is 2.82. The fourth-order valence-corrected chi connectivity index (χ4v) is 4.51. The van der Waals surface area contributed by atoms with Gasteiger partial charge in [0.2, 0.25) is 10.0 Å². The number of nitrogens with one attached hydrogen (secondary N) is 2. The maximum atomic E-state index is 12.6. The van der Waals surface area contributed by atoms with Crippen LogP contribution < -0.4 is 10.0 Å². The molecular formula is C14H26N2O3S2. The van der Waals surface area contributed by atoms with Crippen LogP contribution in [-0.4, -0.2) is 33.0 Å². The summed E-state index contributed by atoms with van der Waals surface area (Å²) in [5.41, 5.74) is 0.721. The maximum Gasteiger partial charge on any atom is 0.244 e. The number of thioether (sulfide) groups is 1. The molecule has 7 heteroatoms. The van der Waals surface area contributed by atoms with E-state index in [1.54, 1.807) is 25.6 Å².